The molecule has 1 atom stereocenters. The fourth-order valence-corrected chi connectivity index (χ4v) is 4.80. The zero-order chi connectivity index (χ0) is 21.9. The molecule has 0 fully saturated rings. The average molecular weight is 419 g/mol. The third-order valence-electron chi connectivity index (χ3n) is 6.09. The van der Waals surface area contributed by atoms with E-state index in [-0.39, 0.29) is 27.8 Å². The molecular weight excluding hydrogens is 398 g/mol. The first-order valence-corrected chi connectivity index (χ1v) is 10.0. The molecule has 8 heteroatoms. The van der Waals surface area contributed by atoms with Gasteiger partial charge in [-0.15, -0.1) is 0 Å². The number of nitrogens with two attached hydrogens (primary N) is 1. The molecule has 0 saturated heterocycles. The maximum atomic E-state index is 13.7. The number of fused-ring (bicyclic) bond motifs is 3. The van der Waals surface area contributed by atoms with E-state index in [0.29, 0.717) is 47.6 Å². The van der Waals surface area contributed by atoms with Crippen molar-refractivity contribution in [3.05, 3.63) is 68.2 Å². The number of hydrogen-bond donors (Lipinski definition) is 1. The molecule has 31 heavy (non-hydrogen) atoms. The second-order valence-corrected chi connectivity index (χ2v) is 7.66. The van der Waals surface area contributed by atoms with Gasteiger partial charge < -0.3 is 15.2 Å². The number of rotatable bonds is 3. The largest absolute Gasteiger partial charge is 0.493 e. The van der Waals surface area contributed by atoms with E-state index in [1.54, 1.807) is 36.4 Å². The van der Waals surface area contributed by atoms with Gasteiger partial charge in [0.15, 0.2) is 17.3 Å². The molecule has 2 heterocycles. The number of aromatic nitrogens is 2. The number of para-hydroxylation sites is 1. The fourth-order valence-electron chi connectivity index (χ4n) is 4.80. The highest BCUT2D eigenvalue weighted by Gasteiger charge is 2.41. The van der Waals surface area contributed by atoms with Crippen LogP contribution in [-0.2, 0) is 4.79 Å². The van der Waals surface area contributed by atoms with Gasteiger partial charge in [0.05, 0.1) is 30.7 Å². The van der Waals surface area contributed by atoms with Gasteiger partial charge in [-0.05, 0) is 31.0 Å². The Bertz CT molecular complexity index is 1410. The minimum absolute atomic E-state index is 0.0804. The second-order valence-electron chi connectivity index (χ2n) is 7.66. The summed E-state index contributed by atoms with van der Waals surface area (Å²) in [5.41, 5.74) is 7.10. The summed E-state index contributed by atoms with van der Waals surface area (Å²) in [4.78, 5) is 40.3. The van der Waals surface area contributed by atoms with Crippen LogP contribution >= 0.6 is 0 Å². The Hall–Kier alpha value is -3.81. The number of allylic oxidation sites excluding steroid dienone is 2. The SMILES string of the molecule is COc1cccc(C2C3=C(CCCC3=O)n3c(=O)c4c(N)cccc4c(=O)n32)c1OC. The van der Waals surface area contributed by atoms with Gasteiger partial charge in [0, 0.05) is 23.2 Å². The molecule has 0 spiro atoms. The first kappa shape index (κ1) is 19.2. The van der Waals surface area contributed by atoms with Gasteiger partial charge >= 0.3 is 0 Å². The molecule has 2 N–H and O–H groups in total. The van der Waals surface area contributed by atoms with Crippen molar-refractivity contribution in [3.63, 3.8) is 0 Å². The van der Waals surface area contributed by atoms with Gasteiger partial charge in [-0.2, -0.15) is 0 Å². The summed E-state index contributed by atoms with van der Waals surface area (Å²) in [5.74, 6) is 0.813. The number of carbonyl (C=O) groups excluding carboxylic acids is 1. The van der Waals surface area contributed by atoms with Crippen molar-refractivity contribution in [3.8, 4) is 11.5 Å². The highest BCUT2D eigenvalue weighted by molar-refractivity contribution is 6.04. The highest BCUT2D eigenvalue weighted by atomic mass is 16.5. The fraction of sp³-hybridized carbons (Fsp3) is 0.261. The number of ether oxygens (including phenoxy) is 2. The molecule has 5 rings (SSSR count). The van der Waals surface area contributed by atoms with Gasteiger partial charge in [0.25, 0.3) is 11.1 Å². The Balaban J connectivity index is 1.95. The first-order chi connectivity index (χ1) is 15.0. The van der Waals surface area contributed by atoms with Crippen LogP contribution in [0.2, 0.25) is 0 Å². The van der Waals surface area contributed by atoms with Gasteiger partial charge in [0.1, 0.15) is 6.04 Å². The van der Waals surface area contributed by atoms with E-state index in [2.05, 4.69) is 0 Å². The number of benzene rings is 2. The van der Waals surface area contributed by atoms with Crippen LogP contribution < -0.4 is 26.3 Å². The zero-order valence-electron chi connectivity index (χ0n) is 17.2. The summed E-state index contributed by atoms with van der Waals surface area (Å²) >= 11 is 0. The summed E-state index contributed by atoms with van der Waals surface area (Å²) in [5, 5.41) is 0.396. The Kier molecular flexibility index (Phi) is 4.25. The first-order valence-electron chi connectivity index (χ1n) is 10.0. The molecule has 1 aromatic heterocycles. The van der Waals surface area contributed by atoms with Crippen LogP contribution in [-0.4, -0.2) is 29.4 Å². The van der Waals surface area contributed by atoms with Crippen molar-refractivity contribution in [2.75, 3.05) is 20.0 Å². The van der Waals surface area contributed by atoms with Crippen molar-refractivity contribution in [2.45, 2.75) is 25.3 Å². The monoisotopic (exact) mass is 419 g/mol. The summed E-state index contributed by atoms with van der Waals surface area (Å²) in [7, 11) is 3.03. The lowest BCUT2D eigenvalue weighted by molar-refractivity contribution is -0.116. The van der Waals surface area contributed by atoms with Crippen LogP contribution in [0.1, 0.15) is 30.9 Å². The van der Waals surface area contributed by atoms with Gasteiger partial charge in [-0.3, -0.25) is 14.4 Å². The lowest BCUT2D eigenvalue weighted by Crippen LogP contribution is -2.37. The van der Waals surface area contributed by atoms with Gasteiger partial charge in [-0.25, -0.2) is 9.36 Å². The number of ketones is 1. The third kappa shape index (κ3) is 2.51. The van der Waals surface area contributed by atoms with Crippen molar-refractivity contribution < 1.29 is 14.3 Å². The predicted octanol–water partition coefficient (Wildman–Crippen LogP) is 2.33. The number of anilines is 1. The quantitative estimate of drug-likeness (QED) is 0.653. The molecule has 0 radical (unpaired) electrons. The van der Waals surface area contributed by atoms with E-state index >= 15 is 0 Å². The topological polar surface area (TPSA) is 106 Å². The molecule has 0 bridgehead atoms. The Morgan fingerprint density at radius 1 is 0.968 bits per heavy atom. The summed E-state index contributed by atoms with van der Waals surface area (Å²) in [6.45, 7) is 0. The van der Waals surface area contributed by atoms with E-state index < -0.39 is 11.6 Å². The van der Waals surface area contributed by atoms with Crippen LogP contribution in [0.4, 0.5) is 5.69 Å². The molecule has 2 aromatic carbocycles. The van der Waals surface area contributed by atoms with E-state index in [1.165, 1.54) is 23.6 Å². The molecule has 0 amide bonds. The van der Waals surface area contributed by atoms with Crippen LogP contribution in [0.25, 0.3) is 16.5 Å². The lowest BCUT2D eigenvalue weighted by atomic mass is 9.87. The average Bonchev–Trinajstić information content (AvgIpc) is 3.13. The van der Waals surface area contributed by atoms with E-state index in [1.807, 2.05) is 0 Å². The smallest absolute Gasteiger partial charge is 0.279 e. The van der Waals surface area contributed by atoms with Crippen LogP contribution in [0.15, 0.2) is 51.6 Å². The number of carbonyl (C=O) groups is 1. The Morgan fingerprint density at radius 2 is 1.74 bits per heavy atom. The molecule has 1 unspecified atom stereocenters. The lowest BCUT2D eigenvalue weighted by Gasteiger charge is -2.22. The van der Waals surface area contributed by atoms with E-state index in [4.69, 9.17) is 15.2 Å². The van der Waals surface area contributed by atoms with Gasteiger partial charge in [-0.1, -0.05) is 18.2 Å². The van der Waals surface area contributed by atoms with Gasteiger partial charge in [0.2, 0.25) is 0 Å². The number of nitrogens with zero attached hydrogens (tertiary/aromatic N) is 2. The molecule has 2 aliphatic rings. The minimum atomic E-state index is -0.793. The third-order valence-corrected chi connectivity index (χ3v) is 6.09. The standard InChI is InChI=1S/C23H21N3O5/c1-30-17-11-4-7-13(21(17)31-2)20-19-15(9-5-10-16(19)27)25-23(29)18-12(22(28)26(20)25)6-3-8-14(18)24/h3-4,6-8,11,20H,5,9-10,24H2,1-2H3. The highest BCUT2D eigenvalue weighted by Crippen LogP contribution is 2.45. The minimum Gasteiger partial charge on any atom is -0.493 e. The van der Waals surface area contributed by atoms with Crippen LogP contribution in [0, 0.1) is 0 Å². The number of methoxy groups -OCH3 is 2. The molecule has 158 valence electrons. The number of nitrogen functional groups attached to an aromatic ring is 1. The summed E-state index contributed by atoms with van der Waals surface area (Å²) < 4.78 is 13.7. The van der Waals surface area contributed by atoms with Crippen LogP contribution in [0.3, 0.4) is 0 Å². The predicted molar refractivity (Wildman–Crippen MR) is 117 cm³/mol. The van der Waals surface area contributed by atoms with E-state index in [0.717, 1.165) is 0 Å². The number of Topliss-reactive ketones (excluding diaryl/α,β-unsaturated/α-hetero) is 1. The van der Waals surface area contributed by atoms with Crippen molar-refractivity contribution in [2.24, 2.45) is 0 Å². The van der Waals surface area contributed by atoms with Crippen molar-refractivity contribution >= 4 is 27.9 Å². The van der Waals surface area contributed by atoms with E-state index in [9.17, 15) is 14.4 Å². The Morgan fingerprint density at radius 3 is 2.48 bits per heavy atom. The summed E-state index contributed by atoms with van der Waals surface area (Å²) in [6, 6.07) is 9.33. The molecule has 3 aromatic rings. The Labute approximate surface area is 177 Å². The molecule has 8 nitrogen and oxygen atoms in total. The van der Waals surface area contributed by atoms with Crippen LogP contribution in [0.5, 0.6) is 11.5 Å². The number of hydrogen-bond acceptors (Lipinski definition) is 6. The second kappa shape index (κ2) is 6.87. The normalized spacial score (nSPS) is 17.6. The molecule has 1 aliphatic carbocycles. The van der Waals surface area contributed by atoms with Crippen molar-refractivity contribution in [1.29, 1.82) is 0 Å². The molecule has 1 aliphatic heterocycles. The zero-order valence-corrected chi connectivity index (χ0v) is 17.2. The maximum absolute atomic E-state index is 13.7. The van der Waals surface area contributed by atoms with Crippen molar-refractivity contribution in [1.82, 2.24) is 9.36 Å². The molecular formula is C23H21N3O5. The molecule has 0 saturated carbocycles. The maximum Gasteiger partial charge on any atom is 0.279 e. The summed E-state index contributed by atoms with van der Waals surface area (Å²) in [6.07, 6.45) is 1.49.